The van der Waals surface area contributed by atoms with Gasteiger partial charge in [0.2, 0.25) is 0 Å². The maximum atomic E-state index is 10.7. The van der Waals surface area contributed by atoms with Crippen LogP contribution in [0.3, 0.4) is 0 Å². The number of nitrogens with zero attached hydrogens (tertiary/aromatic N) is 1. The molecular weight excluding hydrogens is 130 g/mol. The number of cyclic esters (lactones) is 1. The average Bonchev–Trinajstić information content (AvgIpc) is 2.09. The lowest BCUT2D eigenvalue weighted by Gasteiger charge is -2.00. The molecule has 0 aromatic carbocycles. The van der Waals surface area contributed by atoms with E-state index in [-0.39, 0.29) is 11.7 Å². The van der Waals surface area contributed by atoms with Crippen LogP contribution in [0.2, 0.25) is 0 Å². The number of nitriles is 1. The number of hydrogen-bond donors (Lipinski definition) is 0. The number of hydrogen-bond acceptors (Lipinski definition) is 3. The van der Waals surface area contributed by atoms with Crippen LogP contribution in [-0.2, 0) is 9.53 Å². The van der Waals surface area contributed by atoms with Crippen LogP contribution in [0, 0.1) is 11.3 Å². The molecule has 0 spiro atoms. The van der Waals surface area contributed by atoms with Crippen molar-refractivity contribution < 1.29 is 9.53 Å². The molecule has 10 heavy (non-hydrogen) atoms. The van der Waals surface area contributed by atoms with Gasteiger partial charge in [0.25, 0.3) is 0 Å². The van der Waals surface area contributed by atoms with Crippen LogP contribution in [-0.4, -0.2) is 12.1 Å². The molecule has 0 amide bonds. The van der Waals surface area contributed by atoms with Crippen LogP contribution in [0.4, 0.5) is 0 Å². The zero-order valence-electron chi connectivity index (χ0n) is 5.84. The topological polar surface area (TPSA) is 50.1 Å². The molecule has 1 atom stereocenters. The fourth-order valence-electron chi connectivity index (χ4n) is 0.806. The Kier molecular flexibility index (Phi) is 1.46. The largest absolute Gasteiger partial charge is 0.454 e. The second-order valence-electron chi connectivity index (χ2n) is 2.22. The van der Waals surface area contributed by atoms with E-state index in [2.05, 4.69) is 0 Å². The van der Waals surface area contributed by atoms with Gasteiger partial charge in [0, 0.05) is 0 Å². The van der Waals surface area contributed by atoms with Crippen molar-refractivity contribution >= 4 is 5.97 Å². The molecule has 1 heterocycles. The predicted octanol–water partition coefficient (Wildman–Crippen LogP) is 0.772. The van der Waals surface area contributed by atoms with Crippen molar-refractivity contribution in [2.75, 3.05) is 0 Å². The van der Waals surface area contributed by atoms with Gasteiger partial charge in [0.1, 0.15) is 17.7 Å². The van der Waals surface area contributed by atoms with Crippen molar-refractivity contribution in [3.8, 4) is 6.07 Å². The molecule has 52 valence electrons. The van der Waals surface area contributed by atoms with Crippen molar-refractivity contribution in [1.29, 1.82) is 5.26 Å². The zero-order chi connectivity index (χ0) is 7.72. The van der Waals surface area contributed by atoms with Gasteiger partial charge in [-0.1, -0.05) is 0 Å². The van der Waals surface area contributed by atoms with Crippen LogP contribution in [0.25, 0.3) is 0 Å². The van der Waals surface area contributed by atoms with Crippen molar-refractivity contribution in [3.63, 3.8) is 0 Å². The summed E-state index contributed by atoms with van der Waals surface area (Å²) in [6, 6.07) is 1.80. The molecule has 1 unspecified atom stereocenters. The van der Waals surface area contributed by atoms with Crippen LogP contribution in [0.15, 0.2) is 11.1 Å². The third-order valence-electron chi connectivity index (χ3n) is 1.60. The maximum absolute atomic E-state index is 10.7. The molecule has 1 aliphatic rings. The molecule has 0 bridgehead atoms. The third-order valence-corrected chi connectivity index (χ3v) is 1.60. The van der Waals surface area contributed by atoms with E-state index < -0.39 is 5.97 Å². The highest BCUT2D eigenvalue weighted by molar-refractivity contribution is 5.96. The molecule has 0 aromatic heterocycles. The summed E-state index contributed by atoms with van der Waals surface area (Å²) < 4.78 is 4.74. The van der Waals surface area contributed by atoms with Gasteiger partial charge in [-0.15, -0.1) is 0 Å². The fourth-order valence-corrected chi connectivity index (χ4v) is 0.806. The summed E-state index contributed by atoms with van der Waals surface area (Å²) in [6.45, 7) is 3.48. The molecule has 0 radical (unpaired) electrons. The Balaban J connectivity index is 3.05. The molecule has 0 saturated heterocycles. The normalized spacial score (nSPS) is 24.5. The first-order valence-corrected chi connectivity index (χ1v) is 2.98. The molecule has 3 heteroatoms. The van der Waals surface area contributed by atoms with Gasteiger partial charge in [-0.3, -0.25) is 0 Å². The molecule has 0 fully saturated rings. The van der Waals surface area contributed by atoms with Gasteiger partial charge in [0.05, 0.1) is 0 Å². The monoisotopic (exact) mass is 137 g/mol. The van der Waals surface area contributed by atoms with E-state index in [4.69, 9.17) is 10.00 Å². The van der Waals surface area contributed by atoms with E-state index in [1.54, 1.807) is 19.9 Å². The second-order valence-corrected chi connectivity index (χ2v) is 2.22. The molecule has 0 aliphatic carbocycles. The lowest BCUT2D eigenvalue weighted by atomic mass is 10.1. The fraction of sp³-hybridized carbons (Fsp3) is 0.429. The lowest BCUT2D eigenvalue weighted by Crippen LogP contribution is -2.04. The summed E-state index contributed by atoms with van der Waals surface area (Å²) in [7, 11) is 0. The standard InChI is InChI=1S/C7H7NO2/c1-4-5(2)10-7(9)6(4)3-8/h5H,1-2H3. The molecule has 3 nitrogen and oxygen atoms in total. The summed E-state index contributed by atoms with van der Waals surface area (Å²) in [6.07, 6.45) is -0.220. The minimum Gasteiger partial charge on any atom is -0.454 e. The summed E-state index contributed by atoms with van der Waals surface area (Å²) >= 11 is 0. The molecule has 1 rings (SSSR count). The van der Waals surface area contributed by atoms with Crippen LogP contribution in [0.1, 0.15) is 13.8 Å². The van der Waals surface area contributed by atoms with Crippen molar-refractivity contribution in [2.45, 2.75) is 20.0 Å². The van der Waals surface area contributed by atoms with Gasteiger partial charge in [-0.2, -0.15) is 5.26 Å². The van der Waals surface area contributed by atoms with E-state index in [0.29, 0.717) is 0 Å². The van der Waals surface area contributed by atoms with E-state index in [9.17, 15) is 4.79 Å². The predicted molar refractivity (Wildman–Crippen MR) is 33.9 cm³/mol. The summed E-state index contributed by atoms with van der Waals surface area (Å²) in [5, 5.41) is 8.42. The first-order chi connectivity index (χ1) is 4.66. The Morgan fingerprint density at radius 1 is 1.70 bits per heavy atom. The summed E-state index contributed by atoms with van der Waals surface area (Å²) in [5.74, 6) is -0.493. The SMILES string of the molecule is CC1=C(C#N)C(=O)OC1C. The van der Waals surface area contributed by atoms with Crippen LogP contribution >= 0.6 is 0 Å². The van der Waals surface area contributed by atoms with E-state index in [0.717, 1.165) is 5.57 Å². The molecule has 0 N–H and O–H groups in total. The van der Waals surface area contributed by atoms with Crippen molar-refractivity contribution in [1.82, 2.24) is 0 Å². The maximum Gasteiger partial charge on any atom is 0.349 e. The Hall–Kier alpha value is -1.30. The lowest BCUT2D eigenvalue weighted by molar-refractivity contribution is -0.138. The molecule has 0 saturated carbocycles. The smallest absolute Gasteiger partial charge is 0.349 e. The van der Waals surface area contributed by atoms with E-state index in [1.807, 2.05) is 0 Å². The molecule has 1 aliphatic heterocycles. The van der Waals surface area contributed by atoms with Crippen LogP contribution in [0.5, 0.6) is 0 Å². The zero-order valence-corrected chi connectivity index (χ0v) is 5.84. The van der Waals surface area contributed by atoms with Gasteiger partial charge in [0.15, 0.2) is 0 Å². The highest BCUT2D eigenvalue weighted by atomic mass is 16.5. The average molecular weight is 137 g/mol. The molecular formula is C7H7NO2. The van der Waals surface area contributed by atoms with Gasteiger partial charge < -0.3 is 4.74 Å². The quantitative estimate of drug-likeness (QED) is 0.463. The minimum atomic E-state index is -0.493. The third kappa shape index (κ3) is 0.781. The highest BCUT2D eigenvalue weighted by Crippen LogP contribution is 2.20. The number of carbonyl (C=O) groups excluding carboxylic acids is 1. The number of carbonyl (C=O) groups is 1. The number of esters is 1. The van der Waals surface area contributed by atoms with E-state index in [1.165, 1.54) is 0 Å². The van der Waals surface area contributed by atoms with E-state index >= 15 is 0 Å². The highest BCUT2D eigenvalue weighted by Gasteiger charge is 2.27. The minimum absolute atomic E-state index is 0.160. The van der Waals surface area contributed by atoms with Crippen LogP contribution < -0.4 is 0 Å². The Bertz CT molecular complexity index is 247. The Morgan fingerprint density at radius 2 is 2.30 bits per heavy atom. The number of rotatable bonds is 0. The first kappa shape index (κ1) is 6.81. The summed E-state index contributed by atoms with van der Waals surface area (Å²) in [4.78, 5) is 10.7. The summed E-state index contributed by atoms with van der Waals surface area (Å²) in [5.41, 5.74) is 0.889. The van der Waals surface area contributed by atoms with Gasteiger partial charge in [-0.05, 0) is 19.4 Å². The molecule has 0 aromatic rings. The number of ether oxygens (including phenoxy) is 1. The first-order valence-electron chi connectivity index (χ1n) is 2.98. The van der Waals surface area contributed by atoms with Crippen molar-refractivity contribution in [2.24, 2.45) is 0 Å². The van der Waals surface area contributed by atoms with Gasteiger partial charge in [-0.25, -0.2) is 4.79 Å². The van der Waals surface area contributed by atoms with Gasteiger partial charge >= 0.3 is 5.97 Å². The Morgan fingerprint density at radius 3 is 2.50 bits per heavy atom. The van der Waals surface area contributed by atoms with Crippen molar-refractivity contribution in [3.05, 3.63) is 11.1 Å². The second kappa shape index (κ2) is 2.14. The Labute approximate surface area is 58.9 Å².